The number of carbonyl (C=O) groups is 2. The van der Waals surface area contributed by atoms with Gasteiger partial charge in [0.05, 0.1) is 28.9 Å². The molecular weight excluding hydrogens is 390 g/mol. The number of amides is 2. The number of benzene rings is 1. The molecule has 3 aromatic rings. The van der Waals surface area contributed by atoms with E-state index in [1.54, 1.807) is 11.1 Å². The first-order valence-corrected chi connectivity index (χ1v) is 10.6. The van der Waals surface area contributed by atoms with E-state index in [2.05, 4.69) is 15.2 Å². The normalized spacial score (nSPS) is 19.1. The van der Waals surface area contributed by atoms with Crippen LogP contribution in [0.4, 0.5) is 5.13 Å². The summed E-state index contributed by atoms with van der Waals surface area (Å²) in [7, 11) is 0. The molecule has 9 heteroatoms. The molecule has 1 atom stereocenters. The van der Waals surface area contributed by atoms with Crippen LogP contribution < -0.4 is 9.64 Å². The second-order valence-corrected chi connectivity index (χ2v) is 8.36. The van der Waals surface area contributed by atoms with Gasteiger partial charge in [-0.15, -0.1) is 0 Å². The molecule has 2 aliphatic rings. The number of fused-ring (bicyclic) bond motifs is 2. The Hall–Kier alpha value is -2.94. The molecule has 4 heterocycles. The molecule has 0 spiro atoms. The smallest absolute Gasteiger partial charge is 0.229 e. The summed E-state index contributed by atoms with van der Waals surface area (Å²) in [6.07, 6.45) is 2.78. The van der Waals surface area contributed by atoms with Gasteiger partial charge in [-0.25, -0.2) is 4.98 Å². The van der Waals surface area contributed by atoms with E-state index in [1.807, 2.05) is 30.0 Å². The van der Waals surface area contributed by atoms with E-state index in [-0.39, 0.29) is 24.2 Å². The van der Waals surface area contributed by atoms with Gasteiger partial charge in [0, 0.05) is 43.7 Å². The topological polar surface area (TPSA) is 91.4 Å². The average Bonchev–Trinajstić information content (AvgIpc) is 3.44. The monoisotopic (exact) mass is 411 g/mol. The van der Waals surface area contributed by atoms with E-state index in [1.165, 1.54) is 11.3 Å². The van der Waals surface area contributed by atoms with Crippen LogP contribution in [0.15, 0.2) is 24.4 Å². The zero-order valence-corrected chi connectivity index (χ0v) is 16.9. The van der Waals surface area contributed by atoms with Gasteiger partial charge in [-0.05, 0) is 25.1 Å². The molecule has 0 radical (unpaired) electrons. The highest BCUT2D eigenvalue weighted by molar-refractivity contribution is 7.22. The quantitative estimate of drug-likeness (QED) is 0.712. The van der Waals surface area contributed by atoms with Gasteiger partial charge < -0.3 is 9.64 Å². The zero-order chi connectivity index (χ0) is 20.0. The molecule has 1 saturated heterocycles. The molecule has 29 heavy (non-hydrogen) atoms. The maximum Gasteiger partial charge on any atom is 0.229 e. The van der Waals surface area contributed by atoms with Crippen molar-refractivity contribution in [3.8, 4) is 5.75 Å². The van der Waals surface area contributed by atoms with Crippen molar-refractivity contribution in [3.05, 3.63) is 35.7 Å². The highest BCUT2D eigenvalue weighted by Crippen LogP contribution is 2.35. The molecule has 2 aromatic heterocycles. The molecule has 1 aromatic carbocycles. The van der Waals surface area contributed by atoms with Crippen LogP contribution in [0.5, 0.6) is 5.75 Å². The van der Waals surface area contributed by atoms with Crippen LogP contribution in [0.3, 0.4) is 0 Å². The predicted octanol–water partition coefficient (Wildman–Crippen LogP) is 2.36. The Bertz CT molecular complexity index is 1090. The lowest BCUT2D eigenvalue weighted by atomic mass is 10.0. The number of nitrogens with zero attached hydrogens (tertiary/aromatic N) is 4. The van der Waals surface area contributed by atoms with Crippen molar-refractivity contribution in [3.63, 3.8) is 0 Å². The maximum absolute atomic E-state index is 13.0. The summed E-state index contributed by atoms with van der Waals surface area (Å²) in [6.45, 7) is 4.13. The summed E-state index contributed by atoms with van der Waals surface area (Å²) in [4.78, 5) is 33.8. The van der Waals surface area contributed by atoms with Gasteiger partial charge in [0.2, 0.25) is 11.8 Å². The largest absolute Gasteiger partial charge is 0.494 e. The number of nitrogens with one attached hydrogen (secondary N) is 1. The summed E-state index contributed by atoms with van der Waals surface area (Å²) in [5.41, 5.74) is 2.99. The number of H-pyrrole nitrogens is 1. The molecule has 0 bridgehead atoms. The van der Waals surface area contributed by atoms with Crippen molar-refractivity contribution in [1.29, 1.82) is 0 Å². The van der Waals surface area contributed by atoms with E-state index < -0.39 is 0 Å². The standard InChI is InChI=1S/C20H21N5O3S/c1-2-28-14-3-4-16-17(8-14)29-20(22-16)25-11-12(7-18(25)26)19(27)24-6-5-15-13(10-24)9-21-23-15/h3-4,8-9,12H,2,5-7,10-11H2,1H3,(H,21,23). The number of hydrogen-bond donors (Lipinski definition) is 1. The van der Waals surface area contributed by atoms with Crippen molar-refractivity contribution >= 4 is 38.5 Å². The van der Waals surface area contributed by atoms with Crippen LogP contribution in [0.2, 0.25) is 0 Å². The van der Waals surface area contributed by atoms with E-state index in [0.29, 0.717) is 31.4 Å². The summed E-state index contributed by atoms with van der Waals surface area (Å²) in [6, 6.07) is 5.73. The number of ether oxygens (including phenoxy) is 1. The van der Waals surface area contributed by atoms with Crippen molar-refractivity contribution in [1.82, 2.24) is 20.1 Å². The van der Waals surface area contributed by atoms with Crippen molar-refractivity contribution in [2.75, 3.05) is 24.6 Å². The fraction of sp³-hybridized carbons (Fsp3) is 0.400. The lowest BCUT2D eigenvalue weighted by Gasteiger charge is -2.28. The number of hydrogen-bond acceptors (Lipinski definition) is 6. The minimum absolute atomic E-state index is 0.0347. The highest BCUT2D eigenvalue weighted by Gasteiger charge is 2.39. The number of aromatic amines is 1. The van der Waals surface area contributed by atoms with Gasteiger partial charge in [-0.1, -0.05) is 11.3 Å². The van der Waals surface area contributed by atoms with Crippen LogP contribution in [-0.2, 0) is 22.6 Å². The summed E-state index contributed by atoms with van der Waals surface area (Å²) < 4.78 is 6.52. The van der Waals surface area contributed by atoms with Crippen LogP contribution in [0.25, 0.3) is 10.2 Å². The first-order chi connectivity index (χ1) is 14.1. The Labute approximate surface area is 171 Å². The number of anilines is 1. The van der Waals surface area contributed by atoms with Gasteiger partial charge in [0.25, 0.3) is 0 Å². The van der Waals surface area contributed by atoms with Crippen molar-refractivity contribution < 1.29 is 14.3 Å². The van der Waals surface area contributed by atoms with Gasteiger partial charge in [-0.3, -0.25) is 19.6 Å². The van der Waals surface area contributed by atoms with Gasteiger partial charge in [-0.2, -0.15) is 5.10 Å². The van der Waals surface area contributed by atoms with Crippen LogP contribution in [-0.4, -0.2) is 51.6 Å². The molecule has 0 saturated carbocycles. The minimum atomic E-state index is -0.332. The summed E-state index contributed by atoms with van der Waals surface area (Å²) in [5, 5.41) is 7.68. The number of carbonyl (C=O) groups excluding carboxylic acids is 2. The van der Waals surface area contributed by atoms with E-state index in [9.17, 15) is 9.59 Å². The molecule has 1 fully saturated rings. The Kier molecular flexibility index (Phi) is 4.46. The maximum atomic E-state index is 13.0. The SMILES string of the molecule is CCOc1ccc2nc(N3CC(C(=O)N4CCc5[nH]ncc5C4)CC3=O)sc2c1. The molecule has 5 rings (SSSR count). The first kappa shape index (κ1) is 18.1. The lowest BCUT2D eigenvalue weighted by Crippen LogP contribution is -2.40. The molecule has 1 unspecified atom stereocenters. The van der Waals surface area contributed by atoms with Gasteiger partial charge >= 0.3 is 0 Å². The molecule has 2 aliphatic heterocycles. The van der Waals surface area contributed by atoms with Crippen LogP contribution in [0.1, 0.15) is 24.6 Å². The Balaban J connectivity index is 1.32. The van der Waals surface area contributed by atoms with Crippen LogP contribution >= 0.6 is 11.3 Å². The predicted molar refractivity (Wildman–Crippen MR) is 109 cm³/mol. The summed E-state index contributed by atoms with van der Waals surface area (Å²) in [5.74, 6) is 0.447. The lowest BCUT2D eigenvalue weighted by molar-refractivity contribution is -0.136. The van der Waals surface area contributed by atoms with Crippen molar-refractivity contribution in [2.45, 2.75) is 26.3 Å². The fourth-order valence-electron chi connectivity index (χ4n) is 3.99. The second kappa shape index (κ2) is 7.14. The molecule has 8 nitrogen and oxygen atoms in total. The molecule has 1 N–H and O–H groups in total. The third kappa shape index (κ3) is 3.25. The minimum Gasteiger partial charge on any atom is -0.494 e. The Morgan fingerprint density at radius 2 is 2.31 bits per heavy atom. The molecule has 150 valence electrons. The van der Waals surface area contributed by atoms with Crippen LogP contribution in [0, 0.1) is 5.92 Å². The van der Waals surface area contributed by atoms with E-state index >= 15 is 0 Å². The second-order valence-electron chi connectivity index (χ2n) is 7.35. The highest BCUT2D eigenvalue weighted by atomic mass is 32.1. The molecule has 0 aliphatic carbocycles. The van der Waals surface area contributed by atoms with E-state index in [4.69, 9.17) is 4.74 Å². The number of aromatic nitrogens is 3. The summed E-state index contributed by atoms with van der Waals surface area (Å²) >= 11 is 1.46. The Morgan fingerprint density at radius 3 is 3.17 bits per heavy atom. The molecule has 2 amide bonds. The Morgan fingerprint density at radius 1 is 1.41 bits per heavy atom. The van der Waals surface area contributed by atoms with Gasteiger partial charge in [0.1, 0.15) is 5.75 Å². The first-order valence-electron chi connectivity index (χ1n) is 9.76. The zero-order valence-electron chi connectivity index (χ0n) is 16.1. The average molecular weight is 411 g/mol. The number of thiazole rings is 1. The van der Waals surface area contributed by atoms with E-state index in [0.717, 1.165) is 33.6 Å². The van der Waals surface area contributed by atoms with Crippen molar-refractivity contribution in [2.24, 2.45) is 5.92 Å². The third-order valence-electron chi connectivity index (χ3n) is 5.48. The molecular formula is C20H21N5O3S. The number of rotatable bonds is 4. The fourth-order valence-corrected chi connectivity index (χ4v) is 5.01. The third-order valence-corrected chi connectivity index (χ3v) is 6.52. The van der Waals surface area contributed by atoms with Gasteiger partial charge in [0.15, 0.2) is 5.13 Å².